The van der Waals surface area contributed by atoms with Gasteiger partial charge in [-0.1, -0.05) is 35.5 Å². The topological polar surface area (TPSA) is 27.4 Å². The first-order valence-corrected chi connectivity index (χ1v) is 9.32. The minimum atomic E-state index is 0.129. The fraction of sp³-hybridized carbons (Fsp3) is 0.150. The van der Waals surface area contributed by atoms with Crippen molar-refractivity contribution >= 4 is 46.0 Å². The Morgan fingerprint density at radius 1 is 1.20 bits per heavy atom. The molecule has 1 aromatic heterocycles. The zero-order chi connectivity index (χ0) is 17.4. The van der Waals surface area contributed by atoms with E-state index in [1.54, 1.807) is 11.8 Å². The maximum absolute atomic E-state index is 9.28. The number of aromatic nitrogens is 1. The van der Waals surface area contributed by atoms with E-state index in [0.29, 0.717) is 6.54 Å². The molecule has 0 aliphatic carbocycles. The first-order chi connectivity index (χ1) is 12.2. The number of benzene rings is 2. The second-order valence-electron chi connectivity index (χ2n) is 5.96. The van der Waals surface area contributed by atoms with E-state index in [1.165, 1.54) is 21.0 Å². The summed E-state index contributed by atoms with van der Waals surface area (Å²) in [5.74, 6) is 0. The Kier molecular flexibility index (Phi) is 4.42. The molecule has 0 radical (unpaired) electrons. The van der Waals surface area contributed by atoms with Gasteiger partial charge in [-0.05, 0) is 35.9 Å². The van der Waals surface area contributed by atoms with E-state index in [2.05, 4.69) is 46.9 Å². The maximum Gasteiger partial charge on any atom is 0.213 e. The van der Waals surface area contributed by atoms with Gasteiger partial charge in [0, 0.05) is 29.1 Å². The lowest BCUT2D eigenvalue weighted by Gasteiger charge is -2.13. The fourth-order valence-corrected chi connectivity index (χ4v) is 4.52. The highest BCUT2D eigenvalue weighted by molar-refractivity contribution is 8.03. The van der Waals surface area contributed by atoms with Crippen LogP contribution >= 0.6 is 23.4 Å². The van der Waals surface area contributed by atoms with Crippen molar-refractivity contribution in [2.75, 3.05) is 18.6 Å². The predicted octanol–water partition coefficient (Wildman–Crippen LogP) is 4.31. The molecule has 0 atom stereocenters. The number of aliphatic hydroxyl groups is 1. The fourth-order valence-electron chi connectivity index (χ4n) is 3.14. The van der Waals surface area contributed by atoms with Crippen molar-refractivity contribution in [2.45, 2.75) is 11.4 Å². The number of fused-ring (bicyclic) bond motifs is 2. The molecule has 0 spiro atoms. The molecular formula is C20H18ClN2OS+. The van der Waals surface area contributed by atoms with Gasteiger partial charge in [-0.2, -0.15) is 4.57 Å². The van der Waals surface area contributed by atoms with E-state index in [-0.39, 0.29) is 6.61 Å². The number of para-hydroxylation sites is 1. The zero-order valence-corrected chi connectivity index (χ0v) is 15.4. The second kappa shape index (κ2) is 6.71. The summed E-state index contributed by atoms with van der Waals surface area (Å²) in [6.07, 6.45) is 4.25. The van der Waals surface area contributed by atoms with Crippen LogP contribution < -0.4 is 9.47 Å². The maximum atomic E-state index is 9.28. The van der Waals surface area contributed by atoms with Gasteiger partial charge in [0.1, 0.15) is 6.61 Å². The van der Waals surface area contributed by atoms with Gasteiger partial charge in [-0.3, -0.25) is 0 Å². The molecule has 2 aromatic carbocycles. The summed E-state index contributed by atoms with van der Waals surface area (Å²) in [5.41, 5.74) is 3.46. The van der Waals surface area contributed by atoms with Gasteiger partial charge >= 0.3 is 0 Å². The van der Waals surface area contributed by atoms with E-state index in [0.717, 1.165) is 16.1 Å². The lowest BCUT2D eigenvalue weighted by molar-refractivity contribution is -0.672. The third-order valence-corrected chi connectivity index (χ3v) is 5.79. The lowest BCUT2D eigenvalue weighted by atomic mass is 10.1. The Labute approximate surface area is 156 Å². The number of halogens is 1. The summed E-state index contributed by atoms with van der Waals surface area (Å²) in [6.45, 7) is 0.722. The van der Waals surface area contributed by atoms with Crippen LogP contribution in [-0.4, -0.2) is 18.8 Å². The molecule has 126 valence electrons. The van der Waals surface area contributed by atoms with Crippen molar-refractivity contribution in [3.05, 3.63) is 70.3 Å². The van der Waals surface area contributed by atoms with Gasteiger partial charge < -0.3 is 10.0 Å². The zero-order valence-electron chi connectivity index (χ0n) is 13.8. The Morgan fingerprint density at radius 2 is 2.04 bits per heavy atom. The molecule has 3 nitrogen and oxygen atoms in total. The SMILES string of the molecule is CN1/C(=C/c2cc[n+](CCO)c3ccccc23)Sc2cc(Cl)ccc21. The lowest BCUT2D eigenvalue weighted by Crippen LogP contribution is -2.36. The number of hydrogen-bond acceptors (Lipinski definition) is 3. The van der Waals surface area contributed by atoms with Crippen LogP contribution in [0.25, 0.3) is 17.0 Å². The van der Waals surface area contributed by atoms with Crippen LogP contribution in [0.15, 0.2) is 64.7 Å². The number of anilines is 1. The van der Waals surface area contributed by atoms with Crippen molar-refractivity contribution in [1.29, 1.82) is 0 Å². The molecule has 1 aliphatic rings. The van der Waals surface area contributed by atoms with E-state index in [9.17, 15) is 5.11 Å². The smallest absolute Gasteiger partial charge is 0.213 e. The Hall–Kier alpha value is -2.01. The molecule has 1 aliphatic heterocycles. The first kappa shape index (κ1) is 16.5. The molecule has 25 heavy (non-hydrogen) atoms. The summed E-state index contributed by atoms with van der Waals surface area (Å²) >= 11 is 7.86. The Bertz CT molecular complexity index is 987. The number of aliphatic hydroxyl groups excluding tert-OH is 1. The van der Waals surface area contributed by atoms with Gasteiger partial charge in [0.05, 0.1) is 16.1 Å². The normalized spacial score (nSPS) is 15.2. The summed E-state index contributed by atoms with van der Waals surface area (Å²) in [7, 11) is 2.08. The van der Waals surface area contributed by atoms with Crippen molar-refractivity contribution < 1.29 is 9.67 Å². The standard InChI is InChI=1S/C20H18ClN2OS/c1-22-18-7-6-15(21)13-19(18)25-20(22)12-14-8-9-23(10-11-24)17-5-3-2-4-16(14)17/h2-9,12-13,24H,10-11H2,1H3/q+1. The highest BCUT2D eigenvalue weighted by atomic mass is 35.5. The number of nitrogens with zero attached hydrogens (tertiary/aromatic N) is 2. The highest BCUT2D eigenvalue weighted by Gasteiger charge is 2.22. The van der Waals surface area contributed by atoms with Gasteiger partial charge in [0.2, 0.25) is 5.52 Å². The molecule has 0 saturated heterocycles. The third kappa shape index (κ3) is 3.01. The largest absolute Gasteiger partial charge is 0.390 e. The van der Waals surface area contributed by atoms with Crippen LogP contribution in [0.1, 0.15) is 5.56 Å². The first-order valence-electron chi connectivity index (χ1n) is 8.12. The minimum Gasteiger partial charge on any atom is -0.390 e. The molecule has 4 rings (SSSR count). The van der Waals surface area contributed by atoms with Crippen LogP contribution in [0.5, 0.6) is 0 Å². The Balaban J connectivity index is 1.79. The Morgan fingerprint density at radius 3 is 2.88 bits per heavy atom. The van der Waals surface area contributed by atoms with E-state index < -0.39 is 0 Å². The van der Waals surface area contributed by atoms with E-state index in [1.807, 2.05) is 30.5 Å². The van der Waals surface area contributed by atoms with Crippen LogP contribution in [0.4, 0.5) is 5.69 Å². The van der Waals surface area contributed by atoms with Gasteiger partial charge in [0.25, 0.3) is 0 Å². The number of pyridine rings is 1. The van der Waals surface area contributed by atoms with Crippen LogP contribution in [-0.2, 0) is 6.54 Å². The number of hydrogen-bond donors (Lipinski definition) is 1. The average Bonchev–Trinajstić information content (AvgIpc) is 2.92. The van der Waals surface area contributed by atoms with Crippen molar-refractivity contribution in [2.24, 2.45) is 0 Å². The van der Waals surface area contributed by atoms with E-state index in [4.69, 9.17) is 11.6 Å². The van der Waals surface area contributed by atoms with Gasteiger partial charge in [0.15, 0.2) is 12.7 Å². The molecule has 0 amide bonds. The molecule has 1 N–H and O–H groups in total. The van der Waals surface area contributed by atoms with Crippen molar-refractivity contribution in [3.63, 3.8) is 0 Å². The molecule has 0 fully saturated rings. The highest BCUT2D eigenvalue weighted by Crippen LogP contribution is 2.46. The summed E-state index contributed by atoms with van der Waals surface area (Å²) in [5, 5.41) is 12.4. The molecule has 3 aromatic rings. The quantitative estimate of drug-likeness (QED) is 0.697. The minimum absolute atomic E-state index is 0.129. The molecule has 5 heteroatoms. The van der Waals surface area contributed by atoms with Crippen molar-refractivity contribution in [3.8, 4) is 0 Å². The number of thioether (sulfide) groups is 1. The average molecular weight is 370 g/mol. The summed E-state index contributed by atoms with van der Waals surface area (Å²) < 4.78 is 2.08. The van der Waals surface area contributed by atoms with Crippen LogP contribution in [0.2, 0.25) is 5.02 Å². The number of rotatable bonds is 3. The molecular weight excluding hydrogens is 352 g/mol. The van der Waals surface area contributed by atoms with Crippen LogP contribution in [0, 0.1) is 0 Å². The second-order valence-corrected chi connectivity index (χ2v) is 7.46. The summed E-state index contributed by atoms with van der Waals surface area (Å²) in [6, 6.07) is 16.4. The van der Waals surface area contributed by atoms with Gasteiger partial charge in [-0.15, -0.1) is 0 Å². The molecule has 0 bridgehead atoms. The monoisotopic (exact) mass is 369 g/mol. The van der Waals surface area contributed by atoms with Gasteiger partial charge in [-0.25, -0.2) is 0 Å². The van der Waals surface area contributed by atoms with Crippen LogP contribution in [0.3, 0.4) is 0 Å². The third-order valence-electron chi connectivity index (χ3n) is 4.41. The van der Waals surface area contributed by atoms with Crippen molar-refractivity contribution in [1.82, 2.24) is 0 Å². The summed E-state index contributed by atoms with van der Waals surface area (Å²) in [4.78, 5) is 3.37. The predicted molar refractivity (Wildman–Crippen MR) is 105 cm³/mol. The van der Waals surface area contributed by atoms with E-state index >= 15 is 0 Å². The molecule has 0 unspecified atom stereocenters. The molecule has 0 saturated carbocycles. The molecule has 2 heterocycles.